The minimum Gasteiger partial charge on any atom is -0.478 e. The van der Waals surface area contributed by atoms with Crippen molar-refractivity contribution in [1.82, 2.24) is 0 Å². The zero-order valence-corrected chi connectivity index (χ0v) is 17.8. The minimum absolute atomic E-state index is 0.00702. The van der Waals surface area contributed by atoms with Crippen LogP contribution in [0.5, 0.6) is 0 Å². The second kappa shape index (κ2) is 15.1. The molecule has 1 aromatic rings. The van der Waals surface area contributed by atoms with Crippen molar-refractivity contribution in [2.24, 2.45) is 5.92 Å². The molecule has 0 fully saturated rings. The quantitative estimate of drug-likeness (QED) is 0.247. The van der Waals surface area contributed by atoms with Crippen molar-refractivity contribution < 1.29 is 19.4 Å². The van der Waals surface area contributed by atoms with Gasteiger partial charge in [0.1, 0.15) is 0 Å². The van der Waals surface area contributed by atoms with E-state index in [0.717, 1.165) is 25.2 Å². The van der Waals surface area contributed by atoms with E-state index < -0.39 is 11.9 Å². The van der Waals surface area contributed by atoms with Gasteiger partial charge in [0.15, 0.2) is 0 Å². The molecule has 1 N–H and O–H groups in total. The van der Waals surface area contributed by atoms with Crippen LogP contribution in [0.4, 0.5) is 0 Å². The molecule has 0 unspecified atom stereocenters. The summed E-state index contributed by atoms with van der Waals surface area (Å²) in [6, 6.07) is 6.17. The van der Waals surface area contributed by atoms with Crippen LogP contribution in [0, 0.1) is 5.92 Å². The summed E-state index contributed by atoms with van der Waals surface area (Å²) >= 11 is 0. The van der Waals surface area contributed by atoms with Crippen molar-refractivity contribution in [3.8, 4) is 0 Å². The van der Waals surface area contributed by atoms with Gasteiger partial charge in [0.2, 0.25) is 0 Å². The molecule has 1 aromatic carbocycles. The molecule has 0 saturated heterocycles. The summed E-state index contributed by atoms with van der Waals surface area (Å²) in [7, 11) is 0. The number of ether oxygens (including phenoxy) is 1. The molecule has 0 aliphatic heterocycles. The van der Waals surface area contributed by atoms with E-state index in [9.17, 15) is 9.59 Å². The third-order valence-electron chi connectivity index (χ3n) is 5.04. The second-order valence-electron chi connectivity index (χ2n) is 8.06. The molecule has 4 nitrogen and oxygen atoms in total. The van der Waals surface area contributed by atoms with Gasteiger partial charge in [-0.25, -0.2) is 9.59 Å². The Morgan fingerprint density at radius 3 is 1.75 bits per heavy atom. The van der Waals surface area contributed by atoms with E-state index in [2.05, 4.69) is 13.8 Å². The maximum atomic E-state index is 12.0. The highest BCUT2D eigenvalue weighted by Crippen LogP contribution is 2.14. The summed E-state index contributed by atoms with van der Waals surface area (Å²) < 4.78 is 5.22. The lowest BCUT2D eigenvalue weighted by atomic mass is 10.0. The molecule has 0 heterocycles. The highest BCUT2D eigenvalue weighted by molar-refractivity contribution is 6.02. The van der Waals surface area contributed by atoms with Crippen molar-refractivity contribution >= 4 is 11.9 Å². The van der Waals surface area contributed by atoms with Gasteiger partial charge in [-0.1, -0.05) is 96.6 Å². The Labute approximate surface area is 170 Å². The number of carbonyl (C=O) groups excluding carboxylic acids is 1. The topological polar surface area (TPSA) is 63.6 Å². The number of unbranched alkanes of at least 4 members (excludes halogenated alkanes) is 10. The molecule has 4 heteroatoms. The fourth-order valence-corrected chi connectivity index (χ4v) is 3.34. The van der Waals surface area contributed by atoms with E-state index in [1.807, 2.05) is 0 Å². The second-order valence-corrected chi connectivity index (χ2v) is 8.06. The number of carboxylic acids is 1. The van der Waals surface area contributed by atoms with Gasteiger partial charge in [-0.3, -0.25) is 0 Å². The van der Waals surface area contributed by atoms with Crippen LogP contribution in [-0.2, 0) is 4.74 Å². The zero-order valence-electron chi connectivity index (χ0n) is 17.8. The van der Waals surface area contributed by atoms with Gasteiger partial charge < -0.3 is 9.84 Å². The smallest absolute Gasteiger partial charge is 0.339 e. The molecule has 0 bridgehead atoms. The van der Waals surface area contributed by atoms with Gasteiger partial charge in [0.05, 0.1) is 17.7 Å². The van der Waals surface area contributed by atoms with Crippen molar-refractivity contribution in [2.75, 3.05) is 6.61 Å². The third kappa shape index (κ3) is 11.1. The van der Waals surface area contributed by atoms with Crippen LogP contribution in [0.1, 0.15) is 112 Å². The summed E-state index contributed by atoms with van der Waals surface area (Å²) in [6.07, 6.45) is 15.1. The first kappa shape index (κ1) is 24.2. The number of aromatic carboxylic acids is 1. The first-order valence-electron chi connectivity index (χ1n) is 11.0. The Kier molecular flexibility index (Phi) is 13.1. The molecule has 0 saturated carbocycles. The Morgan fingerprint density at radius 1 is 0.786 bits per heavy atom. The number of benzene rings is 1. The first-order chi connectivity index (χ1) is 13.5. The van der Waals surface area contributed by atoms with E-state index in [1.54, 1.807) is 12.1 Å². The SMILES string of the molecule is CC(C)CCCCCCCCCCCCCOC(=O)c1ccccc1C(=O)O. The summed E-state index contributed by atoms with van der Waals surface area (Å²) in [6.45, 7) is 4.94. The highest BCUT2D eigenvalue weighted by atomic mass is 16.5. The number of carboxylic acid groups (broad SMARTS) is 1. The molecule has 158 valence electrons. The van der Waals surface area contributed by atoms with E-state index in [0.29, 0.717) is 6.61 Å². The van der Waals surface area contributed by atoms with E-state index in [1.165, 1.54) is 69.9 Å². The Balaban J connectivity index is 1.96. The van der Waals surface area contributed by atoms with Gasteiger partial charge in [-0.2, -0.15) is 0 Å². The fraction of sp³-hybridized carbons (Fsp3) is 0.667. The minimum atomic E-state index is -1.11. The molecule has 0 spiro atoms. The summed E-state index contributed by atoms with van der Waals surface area (Å²) in [4.78, 5) is 23.2. The van der Waals surface area contributed by atoms with Crippen molar-refractivity contribution in [1.29, 1.82) is 0 Å². The van der Waals surface area contributed by atoms with E-state index >= 15 is 0 Å². The highest BCUT2D eigenvalue weighted by Gasteiger charge is 2.16. The van der Waals surface area contributed by atoms with Crippen LogP contribution in [-0.4, -0.2) is 23.7 Å². The van der Waals surface area contributed by atoms with Gasteiger partial charge in [-0.15, -0.1) is 0 Å². The van der Waals surface area contributed by atoms with Crippen LogP contribution in [0.2, 0.25) is 0 Å². The lowest BCUT2D eigenvalue weighted by Gasteiger charge is -2.07. The molecular formula is C24H38O4. The summed E-state index contributed by atoms with van der Waals surface area (Å²) in [5, 5.41) is 9.11. The largest absolute Gasteiger partial charge is 0.478 e. The number of esters is 1. The van der Waals surface area contributed by atoms with Gasteiger partial charge in [0.25, 0.3) is 0 Å². The molecule has 0 aromatic heterocycles. The van der Waals surface area contributed by atoms with Crippen LogP contribution < -0.4 is 0 Å². The van der Waals surface area contributed by atoms with Crippen molar-refractivity contribution in [3.63, 3.8) is 0 Å². The number of hydrogen-bond acceptors (Lipinski definition) is 3. The van der Waals surface area contributed by atoms with Crippen LogP contribution in [0.25, 0.3) is 0 Å². The molecule has 0 aliphatic carbocycles. The zero-order chi connectivity index (χ0) is 20.6. The Bertz CT molecular complexity index is 565. The average molecular weight is 391 g/mol. The van der Waals surface area contributed by atoms with Crippen LogP contribution in [0.15, 0.2) is 24.3 Å². The third-order valence-corrected chi connectivity index (χ3v) is 5.04. The van der Waals surface area contributed by atoms with Crippen LogP contribution >= 0.6 is 0 Å². The Hall–Kier alpha value is -1.84. The molecular weight excluding hydrogens is 352 g/mol. The number of hydrogen-bond donors (Lipinski definition) is 1. The fourth-order valence-electron chi connectivity index (χ4n) is 3.34. The molecule has 1 rings (SSSR count). The van der Waals surface area contributed by atoms with Gasteiger partial charge >= 0.3 is 11.9 Å². The maximum Gasteiger partial charge on any atom is 0.339 e. The van der Waals surface area contributed by atoms with Crippen molar-refractivity contribution in [3.05, 3.63) is 35.4 Å². The predicted molar refractivity (Wildman–Crippen MR) is 114 cm³/mol. The Morgan fingerprint density at radius 2 is 1.25 bits per heavy atom. The lowest BCUT2D eigenvalue weighted by molar-refractivity contribution is 0.0487. The van der Waals surface area contributed by atoms with Crippen LogP contribution in [0.3, 0.4) is 0 Å². The normalized spacial score (nSPS) is 11.0. The molecule has 0 aliphatic rings. The lowest BCUT2D eigenvalue weighted by Crippen LogP contribution is -2.12. The van der Waals surface area contributed by atoms with E-state index in [-0.39, 0.29) is 11.1 Å². The van der Waals surface area contributed by atoms with E-state index in [4.69, 9.17) is 9.84 Å². The number of rotatable bonds is 16. The van der Waals surface area contributed by atoms with Gasteiger partial charge in [-0.05, 0) is 24.5 Å². The molecule has 28 heavy (non-hydrogen) atoms. The molecule has 0 atom stereocenters. The predicted octanol–water partition coefficient (Wildman–Crippen LogP) is 6.88. The molecule has 0 amide bonds. The maximum absolute atomic E-state index is 12.0. The molecule has 0 radical (unpaired) electrons. The summed E-state index contributed by atoms with van der Waals surface area (Å²) in [5.74, 6) is -0.821. The first-order valence-corrected chi connectivity index (χ1v) is 11.0. The van der Waals surface area contributed by atoms with Gasteiger partial charge in [0, 0.05) is 0 Å². The average Bonchev–Trinajstić information content (AvgIpc) is 2.67. The monoisotopic (exact) mass is 390 g/mol. The van der Waals surface area contributed by atoms with Crippen molar-refractivity contribution in [2.45, 2.75) is 90.9 Å². The summed E-state index contributed by atoms with van der Waals surface area (Å²) in [5.41, 5.74) is 0.117. The standard InChI is InChI=1S/C24H38O4/c1-20(2)16-12-10-8-6-4-3-5-7-9-11-15-19-28-24(27)22-18-14-13-17-21(22)23(25)26/h13-14,17-18,20H,3-12,15-16,19H2,1-2H3,(H,25,26). The number of carbonyl (C=O) groups is 2.